The molecule has 0 aromatic carbocycles. The van der Waals surface area contributed by atoms with E-state index in [1.165, 1.54) is 0 Å². The molecule has 1 aliphatic heterocycles. The topological polar surface area (TPSA) is 57.2 Å². The van der Waals surface area contributed by atoms with Crippen LogP contribution in [0.3, 0.4) is 0 Å². The zero-order valence-corrected chi connectivity index (χ0v) is 12.2. The lowest BCUT2D eigenvalue weighted by Gasteiger charge is -2.35. The van der Waals surface area contributed by atoms with Gasteiger partial charge in [-0.3, -0.25) is 0 Å². The first kappa shape index (κ1) is 13.8. The molecule has 2 aromatic heterocycles. The zero-order chi connectivity index (χ0) is 14.5. The maximum absolute atomic E-state index is 4.70. The van der Waals surface area contributed by atoms with Gasteiger partial charge in [-0.05, 0) is 25.2 Å². The Hall–Kier alpha value is -2.21. The van der Waals surface area contributed by atoms with Crippen molar-refractivity contribution in [1.82, 2.24) is 20.3 Å². The predicted octanol–water partition coefficient (Wildman–Crippen LogP) is 0.918. The van der Waals surface area contributed by atoms with Crippen LogP contribution in [0.4, 0.5) is 11.8 Å². The Morgan fingerprint density at radius 3 is 2.43 bits per heavy atom. The van der Waals surface area contributed by atoms with Crippen molar-refractivity contribution >= 4 is 11.8 Å². The number of nitrogens with one attached hydrogen (secondary N) is 1. The third-order valence-corrected chi connectivity index (χ3v) is 3.59. The summed E-state index contributed by atoms with van der Waals surface area (Å²) in [6.45, 7) is 4.51. The molecule has 0 amide bonds. The van der Waals surface area contributed by atoms with Crippen molar-refractivity contribution in [3.8, 4) is 0 Å². The highest BCUT2D eigenvalue weighted by Crippen LogP contribution is 2.16. The molecule has 0 bridgehead atoms. The Balaban J connectivity index is 1.64. The number of piperazine rings is 1. The molecular formula is C15H20N6. The van der Waals surface area contributed by atoms with Gasteiger partial charge < -0.3 is 15.1 Å². The van der Waals surface area contributed by atoms with E-state index in [-0.39, 0.29) is 0 Å². The van der Waals surface area contributed by atoms with Crippen LogP contribution in [-0.2, 0) is 6.54 Å². The highest BCUT2D eigenvalue weighted by atomic mass is 15.3. The summed E-state index contributed by atoms with van der Waals surface area (Å²) < 4.78 is 0. The summed E-state index contributed by atoms with van der Waals surface area (Å²) in [6, 6.07) is 8.04. The molecule has 21 heavy (non-hydrogen) atoms. The van der Waals surface area contributed by atoms with Crippen LogP contribution < -0.4 is 15.1 Å². The third-order valence-electron chi connectivity index (χ3n) is 3.59. The van der Waals surface area contributed by atoms with Crippen molar-refractivity contribution in [3.05, 3.63) is 42.4 Å². The Labute approximate surface area is 124 Å². The van der Waals surface area contributed by atoms with Gasteiger partial charge in [-0.1, -0.05) is 6.07 Å². The first-order valence-electron chi connectivity index (χ1n) is 7.24. The Bertz CT molecular complexity index is 565. The zero-order valence-electron chi connectivity index (χ0n) is 12.2. The molecule has 0 aliphatic carbocycles. The summed E-state index contributed by atoms with van der Waals surface area (Å²) in [6.07, 6.45) is 3.58. The van der Waals surface area contributed by atoms with Crippen molar-refractivity contribution < 1.29 is 0 Å². The summed E-state index contributed by atoms with van der Waals surface area (Å²) >= 11 is 0. The van der Waals surface area contributed by atoms with Crippen molar-refractivity contribution in [2.75, 3.05) is 43.0 Å². The quantitative estimate of drug-likeness (QED) is 0.901. The molecule has 3 rings (SSSR count). The molecule has 0 saturated carbocycles. The molecule has 1 fully saturated rings. The van der Waals surface area contributed by atoms with Crippen LogP contribution in [0.2, 0.25) is 0 Å². The van der Waals surface area contributed by atoms with Crippen molar-refractivity contribution in [2.24, 2.45) is 0 Å². The first-order valence-corrected chi connectivity index (χ1v) is 7.24. The van der Waals surface area contributed by atoms with Crippen molar-refractivity contribution in [3.63, 3.8) is 0 Å². The lowest BCUT2D eigenvalue weighted by Crippen LogP contribution is -2.47. The molecule has 0 atom stereocenters. The summed E-state index contributed by atoms with van der Waals surface area (Å²) in [5.41, 5.74) is 1.07. The van der Waals surface area contributed by atoms with E-state index in [0.717, 1.165) is 50.2 Å². The number of aromatic nitrogens is 3. The van der Waals surface area contributed by atoms with Gasteiger partial charge in [0.1, 0.15) is 5.82 Å². The van der Waals surface area contributed by atoms with Crippen LogP contribution in [0, 0.1) is 0 Å². The van der Waals surface area contributed by atoms with Crippen molar-refractivity contribution in [2.45, 2.75) is 6.54 Å². The molecule has 1 saturated heterocycles. The maximum Gasteiger partial charge on any atom is 0.225 e. The molecule has 2 aromatic rings. The van der Waals surface area contributed by atoms with Gasteiger partial charge in [0.2, 0.25) is 5.95 Å². The van der Waals surface area contributed by atoms with Gasteiger partial charge in [-0.25, -0.2) is 15.0 Å². The average molecular weight is 284 g/mol. The highest BCUT2D eigenvalue weighted by molar-refractivity contribution is 5.42. The van der Waals surface area contributed by atoms with Gasteiger partial charge in [0.25, 0.3) is 0 Å². The van der Waals surface area contributed by atoms with Gasteiger partial charge >= 0.3 is 0 Å². The Morgan fingerprint density at radius 1 is 1.00 bits per heavy atom. The van der Waals surface area contributed by atoms with E-state index in [1.54, 1.807) is 12.4 Å². The standard InChI is InChI=1S/C15H20N6/c1-16-12-13-4-2-5-14(19-13)20-8-10-21(11-9-20)15-17-6-3-7-18-15/h2-7,16H,8-12H2,1H3. The molecule has 0 unspecified atom stereocenters. The van der Waals surface area contributed by atoms with Gasteiger partial charge in [0.15, 0.2) is 0 Å². The summed E-state index contributed by atoms with van der Waals surface area (Å²) in [5.74, 6) is 1.87. The Kier molecular flexibility index (Phi) is 4.25. The molecule has 3 heterocycles. The largest absolute Gasteiger partial charge is 0.353 e. The van der Waals surface area contributed by atoms with Gasteiger partial charge in [-0.15, -0.1) is 0 Å². The lowest BCUT2D eigenvalue weighted by molar-refractivity contribution is 0.632. The van der Waals surface area contributed by atoms with Gasteiger partial charge in [-0.2, -0.15) is 0 Å². The number of nitrogens with zero attached hydrogens (tertiary/aromatic N) is 5. The summed E-state index contributed by atoms with van der Waals surface area (Å²) in [4.78, 5) is 17.9. The monoisotopic (exact) mass is 284 g/mol. The van der Waals surface area contributed by atoms with Crippen LogP contribution in [-0.4, -0.2) is 48.2 Å². The molecule has 6 nitrogen and oxygen atoms in total. The second-order valence-corrected chi connectivity index (χ2v) is 5.04. The summed E-state index contributed by atoms with van der Waals surface area (Å²) in [5, 5.41) is 3.14. The highest BCUT2D eigenvalue weighted by Gasteiger charge is 2.19. The molecule has 110 valence electrons. The Morgan fingerprint density at radius 2 is 1.71 bits per heavy atom. The van der Waals surface area contributed by atoms with Crippen LogP contribution in [0.1, 0.15) is 5.69 Å². The second kappa shape index (κ2) is 6.49. The fourth-order valence-electron chi connectivity index (χ4n) is 2.51. The molecule has 0 spiro atoms. The third kappa shape index (κ3) is 3.28. The SMILES string of the molecule is CNCc1cccc(N2CCN(c3ncccn3)CC2)n1. The minimum absolute atomic E-state index is 0.797. The van der Waals surface area contributed by atoms with E-state index in [2.05, 4.69) is 37.2 Å². The maximum atomic E-state index is 4.70. The number of hydrogen-bond donors (Lipinski definition) is 1. The van der Waals surface area contributed by atoms with Gasteiger partial charge in [0.05, 0.1) is 5.69 Å². The van der Waals surface area contributed by atoms with Crippen LogP contribution >= 0.6 is 0 Å². The molecule has 6 heteroatoms. The minimum Gasteiger partial charge on any atom is -0.353 e. The number of hydrogen-bond acceptors (Lipinski definition) is 6. The molecule has 1 N–H and O–H groups in total. The molecule has 0 radical (unpaired) electrons. The molecular weight excluding hydrogens is 264 g/mol. The van der Waals surface area contributed by atoms with Crippen LogP contribution in [0.15, 0.2) is 36.7 Å². The fourth-order valence-corrected chi connectivity index (χ4v) is 2.51. The summed E-state index contributed by atoms with van der Waals surface area (Å²) in [7, 11) is 1.94. The number of rotatable bonds is 4. The average Bonchev–Trinajstić information content (AvgIpc) is 2.56. The first-order chi connectivity index (χ1) is 10.4. The van der Waals surface area contributed by atoms with Crippen LogP contribution in [0.25, 0.3) is 0 Å². The van der Waals surface area contributed by atoms with E-state index in [1.807, 2.05) is 19.2 Å². The van der Waals surface area contributed by atoms with E-state index < -0.39 is 0 Å². The van der Waals surface area contributed by atoms with Gasteiger partial charge in [0, 0.05) is 45.1 Å². The lowest BCUT2D eigenvalue weighted by atomic mass is 10.3. The van der Waals surface area contributed by atoms with E-state index in [9.17, 15) is 0 Å². The normalized spacial score (nSPS) is 15.3. The predicted molar refractivity (Wildman–Crippen MR) is 83.5 cm³/mol. The van der Waals surface area contributed by atoms with Crippen molar-refractivity contribution in [1.29, 1.82) is 0 Å². The van der Waals surface area contributed by atoms with E-state index in [4.69, 9.17) is 4.98 Å². The number of anilines is 2. The fraction of sp³-hybridized carbons (Fsp3) is 0.400. The molecule has 1 aliphatic rings. The van der Waals surface area contributed by atoms with E-state index >= 15 is 0 Å². The second-order valence-electron chi connectivity index (χ2n) is 5.04. The minimum atomic E-state index is 0.797. The number of pyridine rings is 1. The van der Waals surface area contributed by atoms with E-state index in [0.29, 0.717) is 0 Å². The smallest absolute Gasteiger partial charge is 0.225 e. The van der Waals surface area contributed by atoms with Crippen LogP contribution in [0.5, 0.6) is 0 Å².